The van der Waals surface area contributed by atoms with Gasteiger partial charge in [0, 0.05) is 18.5 Å². The average Bonchev–Trinajstić information content (AvgIpc) is 2.04. The molecule has 0 amide bonds. The van der Waals surface area contributed by atoms with Gasteiger partial charge in [-0.3, -0.25) is 9.69 Å². The third-order valence-electron chi connectivity index (χ3n) is 3.22. The molecule has 3 heteroatoms. The van der Waals surface area contributed by atoms with Crippen LogP contribution < -0.4 is 0 Å². The van der Waals surface area contributed by atoms with Crippen molar-refractivity contribution in [3.8, 4) is 0 Å². The Bertz CT molecular complexity index is 207. The molecule has 2 rings (SSSR count). The van der Waals surface area contributed by atoms with Crippen LogP contribution in [0.1, 0.15) is 25.7 Å². The van der Waals surface area contributed by atoms with E-state index in [9.17, 15) is 4.79 Å². The molecule has 0 spiro atoms. The van der Waals surface area contributed by atoms with Crippen molar-refractivity contribution in [2.24, 2.45) is 0 Å². The first-order valence-electron chi connectivity index (χ1n) is 4.59. The molecule has 2 aliphatic heterocycles. The van der Waals surface area contributed by atoms with Crippen LogP contribution in [0.3, 0.4) is 0 Å². The lowest BCUT2D eigenvalue weighted by molar-refractivity contribution is -0.125. The second-order valence-electron chi connectivity index (χ2n) is 3.89. The van der Waals surface area contributed by atoms with Gasteiger partial charge in [0.05, 0.1) is 4.83 Å². The molecule has 2 aliphatic rings. The van der Waals surface area contributed by atoms with Crippen molar-refractivity contribution < 1.29 is 4.79 Å². The molecule has 2 heterocycles. The van der Waals surface area contributed by atoms with Crippen LogP contribution in [0.25, 0.3) is 0 Å². The summed E-state index contributed by atoms with van der Waals surface area (Å²) in [6.45, 7) is 0. The summed E-state index contributed by atoms with van der Waals surface area (Å²) in [6, 6.07) is 0.995. The van der Waals surface area contributed by atoms with Crippen LogP contribution in [-0.4, -0.2) is 34.6 Å². The van der Waals surface area contributed by atoms with Gasteiger partial charge in [-0.25, -0.2) is 0 Å². The summed E-state index contributed by atoms with van der Waals surface area (Å²) in [5, 5.41) is 0. The SMILES string of the molecule is CN1C2CCCC1C(Br)C(=O)C2. The summed E-state index contributed by atoms with van der Waals surface area (Å²) in [5.41, 5.74) is 0. The normalized spacial score (nSPS) is 43.2. The number of hydrogen-bond acceptors (Lipinski definition) is 2. The van der Waals surface area contributed by atoms with Gasteiger partial charge < -0.3 is 0 Å². The van der Waals surface area contributed by atoms with Crippen molar-refractivity contribution >= 4 is 21.7 Å². The second-order valence-corrected chi connectivity index (χ2v) is 4.88. The zero-order valence-electron chi connectivity index (χ0n) is 7.29. The minimum absolute atomic E-state index is 0.0963. The fourth-order valence-electron chi connectivity index (χ4n) is 2.40. The Morgan fingerprint density at radius 2 is 2.25 bits per heavy atom. The lowest BCUT2D eigenvalue weighted by Gasteiger charge is -2.45. The lowest BCUT2D eigenvalue weighted by Crippen LogP contribution is -2.55. The number of carbonyl (C=O) groups is 1. The molecule has 2 saturated heterocycles. The Morgan fingerprint density at radius 3 is 3.00 bits per heavy atom. The Morgan fingerprint density at radius 1 is 1.50 bits per heavy atom. The van der Waals surface area contributed by atoms with Gasteiger partial charge in [0.15, 0.2) is 0 Å². The molecular weight excluding hydrogens is 218 g/mol. The number of Topliss-reactive ketones (excluding diaryl/α,β-unsaturated/α-hetero) is 1. The third-order valence-corrected chi connectivity index (χ3v) is 4.34. The Balaban J connectivity index is 2.19. The Kier molecular flexibility index (Phi) is 2.25. The van der Waals surface area contributed by atoms with Crippen LogP contribution in [0.4, 0.5) is 0 Å². The highest BCUT2D eigenvalue weighted by atomic mass is 79.9. The first-order chi connectivity index (χ1) is 5.70. The molecular formula is C9H14BrNO. The fraction of sp³-hybridized carbons (Fsp3) is 0.889. The van der Waals surface area contributed by atoms with E-state index in [0.717, 1.165) is 6.42 Å². The van der Waals surface area contributed by atoms with Gasteiger partial charge in [-0.2, -0.15) is 0 Å². The molecule has 0 radical (unpaired) electrons. The first kappa shape index (κ1) is 8.70. The van der Waals surface area contributed by atoms with Gasteiger partial charge in [0.1, 0.15) is 5.78 Å². The van der Waals surface area contributed by atoms with Crippen molar-refractivity contribution in [3.63, 3.8) is 0 Å². The zero-order valence-corrected chi connectivity index (χ0v) is 8.88. The molecule has 0 aromatic heterocycles. The summed E-state index contributed by atoms with van der Waals surface area (Å²) in [5.74, 6) is 0.405. The van der Waals surface area contributed by atoms with E-state index >= 15 is 0 Å². The minimum Gasteiger partial charge on any atom is -0.298 e. The number of carbonyl (C=O) groups excluding carboxylic acids is 1. The van der Waals surface area contributed by atoms with Gasteiger partial charge in [-0.1, -0.05) is 22.4 Å². The molecule has 0 aromatic rings. The number of fused-ring (bicyclic) bond motifs is 2. The number of rotatable bonds is 0. The Hall–Kier alpha value is 0.110. The van der Waals surface area contributed by atoms with E-state index in [2.05, 4.69) is 27.9 Å². The highest BCUT2D eigenvalue weighted by Gasteiger charge is 2.40. The smallest absolute Gasteiger partial charge is 0.149 e. The van der Waals surface area contributed by atoms with E-state index in [-0.39, 0.29) is 4.83 Å². The molecule has 2 nitrogen and oxygen atoms in total. The van der Waals surface area contributed by atoms with Crippen molar-refractivity contribution in [1.82, 2.24) is 4.90 Å². The number of nitrogens with zero attached hydrogens (tertiary/aromatic N) is 1. The third kappa shape index (κ3) is 1.23. The van der Waals surface area contributed by atoms with Gasteiger partial charge in [-0.15, -0.1) is 0 Å². The fourth-order valence-corrected chi connectivity index (χ4v) is 3.22. The predicted molar refractivity (Wildman–Crippen MR) is 51.5 cm³/mol. The van der Waals surface area contributed by atoms with Crippen LogP contribution in [0.5, 0.6) is 0 Å². The molecule has 3 unspecified atom stereocenters. The largest absolute Gasteiger partial charge is 0.298 e. The Labute approximate surface area is 81.4 Å². The molecule has 3 atom stereocenters. The number of alkyl halides is 1. The monoisotopic (exact) mass is 231 g/mol. The standard InChI is InChI=1S/C9H14BrNO/c1-11-6-3-2-4-7(11)9(10)8(12)5-6/h6-7,9H,2-5H2,1H3. The predicted octanol–water partition coefficient (Wildman–Crippen LogP) is 1.58. The van der Waals surface area contributed by atoms with E-state index in [1.165, 1.54) is 19.3 Å². The highest BCUT2D eigenvalue weighted by Crippen LogP contribution is 2.33. The van der Waals surface area contributed by atoms with Crippen molar-refractivity contribution in [2.45, 2.75) is 42.6 Å². The topological polar surface area (TPSA) is 20.3 Å². The number of hydrogen-bond donors (Lipinski definition) is 0. The zero-order chi connectivity index (χ0) is 8.72. The van der Waals surface area contributed by atoms with Gasteiger partial charge in [0.25, 0.3) is 0 Å². The molecule has 68 valence electrons. The molecule has 0 N–H and O–H groups in total. The summed E-state index contributed by atoms with van der Waals surface area (Å²) in [6.07, 6.45) is 4.42. The average molecular weight is 232 g/mol. The van der Waals surface area contributed by atoms with Crippen LogP contribution in [0.2, 0.25) is 0 Å². The molecule has 2 bridgehead atoms. The number of ketones is 1. The first-order valence-corrected chi connectivity index (χ1v) is 5.50. The molecule has 12 heavy (non-hydrogen) atoms. The second kappa shape index (κ2) is 3.11. The van der Waals surface area contributed by atoms with E-state index < -0.39 is 0 Å². The molecule has 2 fully saturated rings. The summed E-state index contributed by atoms with van der Waals surface area (Å²) in [7, 11) is 2.15. The van der Waals surface area contributed by atoms with E-state index in [0.29, 0.717) is 17.9 Å². The van der Waals surface area contributed by atoms with E-state index in [1.54, 1.807) is 0 Å². The van der Waals surface area contributed by atoms with Crippen molar-refractivity contribution in [2.75, 3.05) is 7.05 Å². The molecule has 0 aromatic carbocycles. The number of piperidine rings is 2. The van der Waals surface area contributed by atoms with E-state index in [4.69, 9.17) is 0 Å². The summed E-state index contributed by atoms with van der Waals surface area (Å²) < 4.78 is 0. The van der Waals surface area contributed by atoms with Crippen LogP contribution in [0.15, 0.2) is 0 Å². The van der Waals surface area contributed by atoms with Crippen LogP contribution >= 0.6 is 15.9 Å². The minimum atomic E-state index is 0.0963. The van der Waals surface area contributed by atoms with Gasteiger partial charge in [-0.05, 0) is 19.9 Å². The van der Waals surface area contributed by atoms with Crippen molar-refractivity contribution in [1.29, 1.82) is 0 Å². The van der Waals surface area contributed by atoms with E-state index in [1.807, 2.05) is 0 Å². The lowest BCUT2D eigenvalue weighted by atomic mass is 9.84. The maximum atomic E-state index is 11.5. The van der Waals surface area contributed by atoms with Gasteiger partial charge >= 0.3 is 0 Å². The summed E-state index contributed by atoms with van der Waals surface area (Å²) in [4.78, 5) is 14.0. The van der Waals surface area contributed by atoms with Crippen molar-refractivity contribution in [3.05, 3.63) is 0 Å². The number of halogens is 1. The van der Waals surface area contributed by atoms with Crippen LogP contribution in [0, 0.1) is 0 Å². The summed E-state index contributed by atoms with van der Waals surface area (Å²) >= 11 is 3.49. The molecule has 0 aliphatic carbocycles. The maximum absolute atomic E-state index is 11.5. The highest BCUT2D eigenvalue weighted by molar-refractivity contribution is 9.10. The quantitative estimate of drug-likeness (QED) is 0.591. The molecule has 0 saturated carbocycles. The van der Waals surface area contributed by atoms with Gasteiger partial charge in [0.2, 0.25) is 0 Å². The van der Waals surface area contributed by atoms with Crippen LogP contribution in [-0.2, 0) is 4.79 Å². The maximum Gasteiger partial charge on any atom is 0.149 e.